The molecule has 0 aliphatic carbocycles. The molecule has 168 valence electrons. The van der Waals surface area contributed by atoms with Crippen molar-refractivity contribution in [1.82, 2.24) is 9.55 Å². The number of aromatic nitrogens is 2. The number of benzene rings is 2. The number of carbonyl (C=O) groups is 1. The zero-order chi connectivity index (χ0) is 23.3. The van der Waals surface area contributed by atoms with E-state index < -0.39 is 17.2 Å². The van der Waals surface area contributed by atoms with Gasteiger partial charge in [-0.05, 0) is 31.5 Å². The van der Waals surface area contributed by atoms with E-state index in [0.717, 1.165) is 12.0 Å². The summed E-state index contributed by atoms with van der Waals surface area (Å²) in [5.41, 5.74) is 6.96. The number of anilines is 2. The van der Waals surface area contributed by atoms with Crippen LogP contribution >= 0.6 is 0 Å². The summed E-state index contributed by atoms with van der Waals surface area (Å²) < 4.78 is 6.74. The van der Waals surface area contributed by atoms with Gasteiger partial charge >= 0.3 is 5.69 Å². The minimum atomic E-state index is -0.712. The summed E-state index contributed by atoms with van der Waals surface area (Å²) in [7, 11) is 1.54. The number of hydrogen-bond donors (Lipinski definition) is 2. The number of rotatable bonds is 8. The number of aromatic amines is 1. The molecule has 0 aliphatic heterocycles. The van der Waals surface area contributed by atoms with Crippen LogP contribution in [0.1, 0.15) is 41.3 Å². The first-order chi connectivity index (χ1) is 15.4. The number of amides is 1. The van der Waals surface area contributed by atoms with Crippen LogP contribution in [0.5, 0.6) is 5.75 Å². The van der Waals surface area contributed by atoms with Gasteiger partial charge in [0.1, 0.15) is 11.6 Å². The highest BCUT2D eigenvalue weighted by Crippen LogP contribution is 2.26. The monoisotopic (exact) mass is 436 g/mol. The number of hydrogen-bond acceptors (Lipinski definition) is 5. The Morgan fingerprint density at radius 2 is 1.91 bits per heavy atom. The molecule has 0 radical (unpaired) electrons. The van der Waals surface area contributed by atoms with Crippen molar-refractivity contribution in [3.05, 3.63) is 86.1 Å². The summed E-state index contributed by atoms with van der Waals surface area (Å²) in [4.78, 5) is 42.5. The molecule has 8 nitrogen and oxygen atoms in total. The minimum absolute atomic E-state index is 0.0377. The molecule has 0 bridgehead atoms. The third-order valence-electron chi connectivity index (χ3n) is 5.25. The normalized spacial score (nSPS) is 10.7. The molecule has 1 heterocycles. The Labute approximate surface area is 186 Å². The first-order valence-corrected chi connectivity index (χ1v) is 10.5. The number of nitrogens with one attached hydrogen (secondary N) is 1. The van der Waals surface area contributed by atoms with Gasteiger partial charge in [0.2, 0.25) is 0 Å². The van der Waals surface area contributed by atoms with Gasteiger partial charge in [0, 0.05) is 17.7 Å². The van der Waals surface area contributed by atoms with E-state index in [-0.39, 0.29) is 18.1 Å². The maximum atomic E-state index is 13.6. The number of aryl methyl sites for hydroxylation is 1. The SMILES string of the molecule is CCCCn1c(N)c(N(Cc2ccccc2OC)C(=O)c2cccc(C)c2)c(=O)[nH]c1=O. The number of unbranched alkanes of at least 4 members (excludes halogenated alkanes) is 1. The molecule has 0 fully saturated rings. The first-order valence-electron chi connectivity index (χ1n) is 10.5. The van der Waals surface area contributed by atoms with Crippen LogP contribution in [0.4, 0.5) is 11.5 Å². The average molecular weight is 437 g/mol. The van der Waals surface area contributed by atoms with Crippen molar-refractivity contribution in [3.63, 3.8) is 0 Å². The van der Waals surface area contributed by atoms with Gasteiger partial charge in [0.15, 0.2) is 5.69 Å². The molecule has 3 rings (SSSR count). The number of carbonyl (C=O) groups excluding carboxylic acids is 1. The van der Waals surface area contributed by atoms with Crippen molar-refractivity contribution in [2.24, 2.45) is 0 Å². The van der Waals surface area contributed by atoms with Gasteiger partial charge in [-0.3, -0.25) is 24.0 Å². The lowest BCUT2D eigenvalue weighted by Gasteiger charge is -2.25. The van der Waals surface area contributed by atoms with E-state index in [1.165, 1.54) is 16.6 Å². The van der Waals surface area contributed by atoms with E-state index >= 15 is 0 Å². The molecule has 0 saturated heterocycles. The van der Waals surface area contributed by atoms with Crippen LogP contribution in [0.15, 0.2) is 58.1 Å². The smallest absolute Gasteiger partial charge is 0.330 e. The summed E-state index contributed by atoms with van der Waals surface area (Å²) in [5.74, 6) is 0.129. The van der Waals surface area contributed by atoms with Crippen LogP contribution in [-0.4, -0.2) is 22.6 Å². The Hall–Kier alpha value is -3.81. The largest absolute Gasteiger partial charge is 0.496 e. The molecular weight excluding hydrogens is 408 g/mol. The zero-order valence-corrected chi connectivity index (χ0v) is 18.6. The molecule has 1 amide bonds. The van der Waals surface area contributed by atoms with Crippen LogP contribution in [0.2, 0.25) is 0 Å². The Balaban J connectivity index is 2.20. The Bertz CT molecular complexity index is 1230. The highest BCUT2D eigenvalue weighted by molar-refractivity contribution is 6.07. The van der Waals surface area contributed by atoms with Crippen LogP contribution in [0.3, 0.4) is 0 Å². The quantitative estimate of drug-likeness (QED) is 0.564. The third-order valence-corrected chi connectivity index (χ3v) is 5.25. The lowest BCUT2D eigenvalue weighted by Crippen LogP contribution is -2.41. The Kier molecular flexibility index (Phi) is 7.14. The topological polar surface area (TPSA) is 110 Å². The maximum Gasteiger partial charge on any atom is 0.330 e. The molecule has 0 atom stereocenters. The number of nitrogens with zero attached hydrogens (tertiary/aromatic N) is 2. The summed E-state index contributed by atoms with van der Waals surface area (Å²) >= 11 is 0. The molecular formula is C24H28N4O4. The van der Waals surface area contributed by atoms with Gasteiger partial charge in [-0.25, -0.2) is 4.79 Å². The molecule has 0 saturated carbocycles. The van der Waals surface area contributed by atoms with E-state index in [1.54, 1.807) is 24.3 Å². The first kappa shape index (κ1) is 22.9. The Morgan fingerprint density at radius 1 is 1.16 bits per heavy atom. The predicted octanol–water partition coefficient (Wildman–Crippen LogP) is 3.08. The lowest BCUT2D eigenvalue weighted by atomic mass is 10.1. The standard InChI is InChI=1S/C24H28N4O4/c1-4-5-13-27-21(25)20(22(29)26-24(27)31)28(15-18-10-6-7-12-19(18)32-3)23(30)17-11-8-9-16(2)14-17/h6-12,14H,4-5,13,15,25H2,1-3H3,(H,26,29,31). The fourth-order valence-electron chi connectivity index (χ4n) is 3.57. The summed E-state index contributed by atoms with van der Waals surface area (Å²) in [6, 6.07) is 14.3. The second kappa shape index (κ2) is 10.00. The van der Waals surface area contributed by atoms with Gasteiger partial charge < -0.3 is 10.5 Å². The number of methoxy groups -OCH3 is 1. The highest BCUT2D eigenvalue weighted by Gasteiger charge is 2.26. The number of nitrogens with two attached hydrogens (primary N) is 1. The van der Waals surface area contributed by atoms with Gasteiger partial charge in [-0.15, -0.1) is 0 Å². The van der Waals surface area contributed by atoms with Crippen molar-refractivity contribution in [2.75, 3.05) is 17.7 Å². The third kappa shape index (κ3) is 4.74. The molecule has 0 spiro atoms. The van der Waals surface area contributed by atoms with E-state index in [2.05, 4.69) is 4.98 Å². The van der Waals surface area contributed by atoms with Crippen molar-refractivity contribution in [3.8, 4) is 5.75 Å². The Morgan fingerprint density at radius 3 is 2.59 bits per heavy atom. The van der Waals surface area contributed by atoms with E-state index in [4.69, 9.17) is 10.5 Å². The number of para-hydroxylation sites is 1. The van der Waals surface area contributed by atoms with Crippen LogP contribution < -0.4 is 26.6 Å². The molecule has 3 N–H and O–H groups in total. The molecule has 1 aromatic heterocycles. The van der Waals surface area contributed by atoms with Crippen molar-refractivity contribution >= 4 is 17.4 Å². The molecule has 8 heteroatoms. The predicted molar refractivity (Wildman–Crippen MR) is 125 cm³/mol. The molecule has 3 aromatic rings. The van der Waals surface area contributed by atoms with Crippen molar-refractivity contribution in [2.45, 2.75) is 39.8 Å². The van der Waals surface area contributed by atoms with Crippen LogP contribution in [0.25, 0.3) is 0 Å². The molecule has 32 heavy (non-hydrogen) atoms. The van der Waals surface area contributed by atoms with Gasteiger partial charge in [-0.2, -0.15) is 0 Å². The van der Waals surface area contributed by atoms with Gasteiger partial charge in [0.25, 0.3) is 11.5 Å². The van der Waals surface area contributed by atoms with E-state index in [0.29, 0.717) is 29.8 Å². The summed E-state index contributed by atoms with van der Waals surface area (Å²) in [6.45, 7) is 4.25. The number of H-pyrrole nitrogens is 1. The molecule has 0 aliphatic rings. The van der Waals surface area contributed by atoms with E-state index in [1.807, 2.05) is 38.1 Å². The molecule has 0 unspecified atom stereocenters. The van der Waals surface area contributed by atoms with E-state index in [9.17, 15) is 14.4 Å². The second-order valence-electron chi connectivity index (χ2n) is 7.57. The summed E-state index contributed by atoms with van der Waals surface area (Å²) in [5, 5.41) is 0. The zero-order valence-electron chi connectivity index (χ0n) is 18.6. The van der Waals surface area contributed by atoms with Crippen molar-refractivity contribution < 1.29 is 9.53 Å². The highest BCUT2D eigenvalue weighted by atomic mass is 16.5. The average Bonchev–Trinajstić information content (AvgIpc) is 2.78. The van der Waals surface area contributed by atoms with Gasteiger partial charge in [-0.1, -0.05) is 49.2 Å². The lowest BCUT2D eigenvalue weighted by molar-refractivity contribution is 0.0984. The van der Waals surface area contributed by atoms with Crippen LogP contribution in [0, 0.1) is 6.92 Å². The summed E-state index contributed by atoms with van der Waals surface area (Å²) in [6.07, 6.45) is 1.54. The fraction of sp³-hybridized carbons (Fsp3) is 0.292. The second-order valence-corrected chi connectivity index (χ2v) is 7.57. The van der Waals surface area contributed by atoms with Crippen LogP contribution in [-0.2, 0) is 13.1 Å². The van der Waals surface area contributed by atoms with Crippen molar-refractivity contribution in [1.29, 1.82) is 0 Å². The molecule has 2 aromatic carbocycles. The maximum absolute atomic E-state index is 13.6. The number of nitrogen functional groups attached to an aromatic ring is 1. The fourth-order valence-corrected chi connectivity index (χ4v) is 3.57. The van der Waals surface area contributed by atoms with Gasteiger partial charge in [0.05, 0.1) is 13.7 Å². The minimum Gasteiger partial charge on any atom is -0.496 e. The number of ether oxygens (including phenoxy) is 1.